The number of carbonyl (C=O) groups is 1. The largest absolute Gasteiger partial charge is 0.373 e. The number of fused-ring (bicyclic) bond motifs is 1. The molecule has 0 spiro atoms. The lowest BCUT2D eigenvalue weighted by Crippen LogP contribution is -2.37. The molecule has 0 saturated carbocycles. The van der Waals surface area contributed by atoms with Crippen molar-refractivity contribution in [1.29, 1.82) is 0 Å². The number of Topliss-reactive ketones (excluding diaryl/α,β-unsaturated/α-hetero) is 1. The van der Waals surface area contributed by atoms with E-state index < -0.39 is 0 Å². The fourth-order valence-corrected chi connectivity index (χ4v) is 2.86. The number of methoxy groups -OCH3 is 1. The number of benzene rings is 1. The summed E-state index contributed by atoms with van der Waals surface area (Å²) in [5, 5.41) is 0. The fourth-order valence-electron chi connectivity index (χ4n) is 2.86. The Balaban J connectivity index is 2.02. The van der Waals surface area contributed by atoms with E-state index in [9.17, 15) is 4.79 Å². The van der Waals surface area contributed by atoms with Gasteiger partial charge in [0.1, 0.15) is 6.10 Å². The van der Waals surface area contributed by atoms with Crippen LogP contribution in [0.4, 0.5) is 0 Å². The first kappa shape index (κ1) is 13.3. The van der Waals surface area contributed by atoms with Crippen molar-refractivity contribution in [3.05, 3.63) is 35.4 Å². The monoisotopic (exact) mass is 246 g/mol. The van der Waals surface area contributed by atoms with Gasteiger partial charge in [0.25, 0.3) is 0 Å². The van der Waals surface area contributed by atoms with E-state index in [2.05, 4.69) is 18.2 Å². The maximum absolute atomic E-state index is 12.3. The number of rotatable bonds is 4. The third-order valence-electron chi connectivity index (χ3n) is 3.72. The van der Waals surface area contributed by atoms with E-state index >= 15 is 0 Å². The average molecular weight is 246 g/mol. The van der Waals surface area contributed by atoms with Crippen LogP contribution in [0.2, 0.25) is 0 Å². The quantitative estimate of drug-likeness (QED) is 0.814. The van der Waals surface area contributed by atoms with Crippen molar-refractivity contribution in [3.8, 4) is 0 Å². The molecule has 0 N–H and O–H groups in total. The van der Waals surface area contributed by atoms with E-state index in [4.69, 9.17) is 4.74 Å². The molecule has 1 aliphatic rings. The van der Waals surface area contributed by atoms with Gasteiger partial charge in [0, 0.05) is 13.5 Å². The van der Waals surface area contributed by atoms with Crippen LogP contribution in [0.15, 0.2) is 24.3 Å². The molecule has 0 heterocycles. The molecule has 0 fully saturated rings. The van der Waals surface area contributed by atoms with Crippen LogP contribution in [0.1, 0.15) is 44.2 Å². The molecule has 98 valence electrons. The van der Waals surface area contributed by atoms with Gasteiger partial charge in [-0.2, -0.15) is 0 Å². The number of ketones is 1. The second-order valence-electron chi connectivity index (χ2n) is 6.25. The Bertz CT molecular complexity index is 443. The van der Waals surface area contributed by atoms with Gasteiger partial charge >= 0.3 is 0 Å². The first-order chi connectivity index (χ1) is 8.43. The highest BCUT2D eigenvalue weighted by Crippen LogP contribution is 2.38. The number of ether oxygens (including phenoxy) is 1. The molecular weight excluding hydrogens is 224 g/mol. The summed E-state index contributed by atoms with van der Waals surface area (Å²) in [5.74, 6) is 0.623. The zero-order valence-electron chi connectivity index (χ0n) is 11.7. The topological polar surface area (TPSA) is 26.3 Å². The van der Waals surface area contributed by atoms with E-state index in [0.29, 0.717) is 12.3 Å². The van der Waals surface area contributed by atoms with Crippen molar-refractivity contribution in [3.63, 3.8) is 0 Å². The Labute approximate surface area is 109 Å². The van der Waals surface area contributed by atoms with Crippen molar-refractivity contribution in [2.24, 2.45) is 5.41 Å². The van der Waals surface area contributed by atoms with E-state index in [0.717, 1.165) is 6.42 Å². The van der Waals surface area contributed by atoms with E-state index in [-0.39, 0.29) is 17.3 Å². The van der Waals surface area contributed by atoms with Gasteiger partial charge < -0.3 is 4.74 Å². The van der Waals surface area contributed by atoms with Gasteiger partial charge in [-0.25, -0.2) is 0 Å². The predicted molar refractivity (Wildman–Crippen MR) is 72.8 cm³/mol. The highest BCUT2D eigenvalue weighted by atomic mass is 16.5. The second-order valence-corrected chi connectivity index (χ2v) is 6.25. The molecule has 2 atom stereocenters. The minimum atomic E-state index is -0.301. The van der Waals surface area contributed by atoms with Crippen LogP contribution in [0, 0.1) is 5.41 Å². The zero-order chi connectivity index (χ0) is 13.3. The van der Waals surface area contributed by atoms with Crippen LogP contribution >= 0.6 is 0 Å². The van der Waals surface area contributed by atoms with Crippen LogP contribution in [0.5, 0.6) is 0 Å². The van der Waals surface area contributed by atoms with Gasteiger partial charge in [0.05, 0.1) is 0 Å². The SMILES string of the molecule is COC(C(=O)CC1Cc2ccccc21)C(C)(C)C. The Morgan fingerprint density at radius 1 is 1.39 bits per heavy atom. The third kappa shape index (κ3) is 2.49. The Hall–Kier alpha value is -1.15. The summed E-state index contributed by atoms with van der Waals surface area (Å²) < 4.78 is 5.38. The van der Waals surface area contributed by atoms with Crippen molar-refractivity contribution >= 4 is 5.78 Å². The van der Waals surface area contributed by atoms with Gasteiger partial charge in [0.2, 0.25) is 0 Å². The molecule has 2 nitrogen and oxygen atoms in total. The van der Waals surface area contributed by atoms with Crippen LogP contribution in [0.3, 0.4) is 0 Å². The molecule has 0 radical (unpaired) electrons. The molecular formula is C16H22O2. The lowest BCUT2D eigenvalue weighted by Gasteiger charge is -2.33. The highest BCUT2D eigenvalue weighted by molar-refractivity contribution is 5.85. The maximum Gasteiger partial charge on any atom is 0.162 e. The molecule has 0 amide bonds. The second kappa shape index (κ2) is 4.85. The summed E-state index contributed by atoms with van der Waals surface area (Å²) in [5.41, 5.74) is 2.60. The van der Waals surface area contributed by atoms with Gasteiger partial charge in [-0.1, -0.05) is 45.0 Å². The van der Waals surface area contributed by atoms with Crippen molar-refractivity contribution < 1.29 is 9.53 Å². The third-order valence-corrected chi connectivity index (χ3v) is 3.72. The summed E-state index contributed by atoms with van der Waals surface area (Å²) in [6.45, 7) is 6.15. The van der Waals surface area contributed by atoms with E-state index in [1.807, 2.05) is 26.8 Å². The first-order valence-corrected chi connectivity index (χ1v) is 6.57. The van der Waals surface area contributed by atoms with Crippen molar-refractivity contribution in [2.45, 2.75) is 45.6 Å². The summed E-state index contributed by atoms with van der Waals surface area (Å²) >= 11 is 0. The van der Waals surface area contributed by atoms with Gasteiger partial charge in [-0.15, -0.1) is 0 Å². The predicted octanol–water partition coefficient (Wildman–Crippen LogP) is 3.35. The maximum atomic E-state index is 12.3. The lowest BCUT2D eigenvalue weighted by molar-refractivity contribution is -0.135. The van der Waals surface area contributed by atoms with Crippen LogP contribution in [0.25, 0.3) is 0 Å². The minimum absolute atomic E-state index is 0.130. The normalized spacial score (nSPS) is 19.9. The molecule has 2 unspecified atom stereocenters. The standard InChI is InChI=1S/C16H22O2/c1-16(2,3)15(18-4)14(17)10-12-9-11-7-5-6-8-13(11)12/h5-8,12,15H,9-10H2,1-4H3. The number of hydrogen-bond donors (Lipinski definition) is 0. The number of carbonyl (C=O) groups excluding carboxylic acids is 1. The molecule has 1 aliphatic carbocycles. The Morgan fingerprint density at radius 3 is 2.61 bits per heavy atom. The van der Waals surface area contributed by atoms with Crippen molar-refractivity contribution in [2.75, 3.05) is 7.11 Å². The summed E-state index contributed by atoms with van der Waals surface area (Å²) in [4.78, 5) is 12.3. The Morgan fingerprint density at radius 2 is 2.06 bits per heavy atom. The molecule has 18 heavy (non-hydrogen) atoms. The van der Waals surface area contributed by atoms with Gasteiger partial charge in [0.15, 0.2) is 5.78 Å². The van der Waals surface area contributed by atoms with Gasteiger partial charge in [-0.3, -0.25) is 4.79 Å². The average Bonchev–Trinajstić information content (AvgIpc) is 2.25. The summed E-state index contributed by atoms with van der Waals surface area (Å²) in [6.07, 6.45) is 1.33. The Kier molecular flexibility index (Phi) is 3.58. The molecule has 2 rings (SSSR count). The zero-order valence-corrected chi connectivity index (χ0v) is 11.7. The van der Waals surface area contributed by atoms with Gasteiger partial charge in [-0.05, 0) is 28.9 Å². The molecule has 0 aromatic heterocycles. The van der Waals surface area contributed by atoms with E-state index in [1.54, 1.807) is 7.11 Å². The molecule has 1 aromatic rings. The lowest BCUT2D eigenvalue weighted by atomic mass is 9.73. The number of hydrogen-bond acceptors (Lipinski definition) is 2. The van der Waals surface area contributed by atoms with Crippen molar-refractivity contribution in [1.82, 2.24) is 0 Å². The highest BCUT2D eigenvalue weighted by Gasteiger charge is 2.35. The molecule has 0 saturated heterocycles. The first-order valence-electron chi connectivity index (χ1n) is 6.57. The van der Waals surface area contributed by atoms with E-state index in [1.165, 1.54) is 11.1 Å². The fraction of sp³-hybridized carbons (Fsp3) is 0.562. The molecule has 0 aliphatic heterocycles. The summed E-state index contributed by atoms with van der Waals surface area (Å²) in [6, 6.07) is 8.39. The smallest absolute Gasteiger partial charge is 0.162 e. The van der Waals surface area contributed by atoms with Crippen LogP contribution < -0.4 is 0 Å². The van der Waals surface area contributed by atoms with Crippen LogP contribution in [-0.2, 0) is 16.0 Å². The molecule has 1 aromatic carbocycles. The minimum Gasteiger partial charge on any atom is -0.373 e. The van der Waals surface area contributed by atoms with Crippen LogP contribution in [-0.4, -0.2) is 19.0 Å². The molecule has 0 bridgehead atoms. The summed E-state index contributed by atoms with van der Waals surface area (Å²) in [7, 11) is 1.63. The molecule has 2 heteroatoms.